The summed E-state index contributed by atoms with van der Waals surface area (Å²) in [5, 5.41) is 5.82. The molecule has 192 valence electrons. The van der Waals surface area contributed by atoms with Crippen LogP contribution in [0.3, 0.4) is 0 Å². The van der Waals surface area contributed by atoms with Crippen LogP contribution in [0.2, 0.25) is 0 Å². The molecule has 0 amide bonds. The number of furan rings is 1. The number of ether oxygens (including phenoxy) is 3. The normalized spacial score (nSPS) is 11.3. The van der Waals surface area contributed by atoms with Crippen LogP contribution in [-0.4, -0.2) is 42.2 Å². The molecule has 0 aliphatic heterocycles. The van der Waals surface area contributed by atoms with Crippen LogP contribution in [0.1, 0.15) is 12.5 Å². The predicted octanol–water partition coefficient (Wildman–Crippen LogP) is 5.25. The zero-order chi connectivity index (χ0) is 26.6. The minimum absolute atomic E-state index is 0.243. The number of benzene rings is 3. The number of halogens is 1. The maximum Gasteiger partial charge on any atom is 0.344 e. The van der Waals surface area contributed by atoms with Crippen LogP contribution in [0.5, 0.6) is 11.5 Å². The van der Waals surface area contributed by atoms with Gasteiger partial charge in [-0.3, -0.25) is 4.79 Å². The van der Waals surface area contributed by atoms with Crippen LogP contribution in [-0.2, 0) is 9.53 Å². The Labute approximate surface area is 230 Å². The maximum absolute atomic E-state index is 13.5. The summed E-state index contributed by atoms with van der Waals surface area (Å²) >= 11 is 2.08. The van der Waals surface area contributed by atoms with E-state index in [-0.39, 0.29) is 24.6 Å². The van der Waals surface area contributed by atoms with Gasteiger partial charge in [-0.25, -0.2) is 9.78 Å². The third-order valence-electron chi connectivity index (χ3n) is 5.61. The lowest BCUT2D eigenvalue weighted by Crippen LogP contribution is -2.20. The van der Waals surface area contributed by atoms with Crippen LogP contribution >= 0.6 is 22.6 Å². The zero-order valence-electron chi connectivity index (χ0n) is 20.5. The van der Waals surface area contributed by atoms with Crippen molar-refractivity contribution in [2.24, 2.45) is 5.10 Å². The minimum atomic E-state index is -0.475. The van der Waals surface area contributed by atoms with Crippen LogP contribution in [0.25, 0.3) is 33.5 Å². The maximum atomic E-state index is 13.5. The van der Waals surface area contributed by atoms with Gasteiger partial charge in [-0.2, -0.15) is 9.78 Å². The second-order valence-corrected chi connectivity index (χ2v) is 9.25. The first-order valence-corrected chi connectivity index (χ1v) is 12.8. The molecule has 2 aromatic heterocycles. The van der Waals surface area contributed by atoms with E-state index in [2.05, 4.69) is 27.7 Å². The van der Waals surface area contributed by atoms with E-state index in [4.69, 9.17) is 23.6 Å². The molecule has 0 saturated heterocycles. The molecule has 0 spiro atoms. The molecule has 38 heavy (non-hydrogen) atoms. The van der Waals surface area contributed by atoms with Crippen LogP contribution in [0.15, 0.2) is 81.0 Å². The van der Waals surface area contributed by atoms with E-state index < -0.39 is 5.97 Å². The Balaban J connectivity index is 1.57. The topological polar surface area (TPSA) is 105 Å². The van der Waals surface area contributed by atoms with Crippen LogP contribution in [0.4, 0.5) is 0 Å². The third kappa shape index (κ3) is 5.12. The molecular weight excluding hydrogens is 601 g/mol. The molecular formula is C28H22IN3O6. The molecule has 0 fully saturated rings. The highest BCUT2D eigenvalue weighted by atomic mass is 127. The molecule has 0 aliphatic carbocycles. The molecule has 0 atom stereocenters. The standard InChI is InChI=1S/C28H22IN3O6/c1-3-36-25(33)16-37-26-20(29)12-17(13-23(26)35-2)15-30-32-27(24-14-18-8-4-7-11-22(18)38-24)31-21-10-6-5-9-19(21)28(32)34/h4-15H,3,16H2,1-2H3. The largest absolute Gasteiger partial charge is 0.493 e. The Morgan fingerprint density at radius 3 is 2.71 bits per heavy atom. The molecule has 0 saturated carbocycles. The van der Waals surface area contributed by atoms with Gasteiger partial charge < -0.3 is 18.6 Å². The Kier molecular flexibility index (Phi) is 7.40. The third-order valence-corrected chi connectivity index (χ3v) is 6.41. The Bertz CT molecular complexity index is 1710. The van der Waals surface area contributed by atoms with E-state index in [1.165, 1.54) is 18.0 Å². The lowest BCUT2D eigenvalue weighted by Gasteiger charge is -2.13. The molecule has 2 heterocycles. The monoisotopic (exact) mass is 623 g/mol. The summed E-state index contributed by atoms with van der Waals surface area (Å²) in [5.41, 5.74) is 1.53. The van der Waals surface area contributed by atoms with Crippen molar-refractivity contribution >= 4 is 56.6 Å². The van der Waals surface area contributed by atoms with Crippen molar-refractivity contribution in [3.05, 3.63) is 86.2 Å². The van der Waals surface area contributed by atoms with Crippen molar-refractivity contribution in [1.82, 2.24) is 9.66 Å². The molecule has 0 radical (unpaired) electrons. The molecule has 9 nitrogen and oxygen atoms in total. The number of carbonyl (C=O) groups is 1. The lowest BCUT2D eigenvalue weighted by atomic mass is 10.2. The second kappa shape index (κ2) is 11.1. The zero-order valence-corrected chi connectivity index (χ0v) is 22.7. The van der Waals surface area contributed by atoms with E-state index in [0.717, 1.165) is 5.39 Å². The summed E-state index contributed by atoms with van der Waals surface area (Å²) in [6.45, 7) is 1.75. The quantitative estimate of drug-likeness (QED) is 0.132. The smallest absolute Gasteiger partial charge is 0.344 e. The van der Waals surface area contributed by atoms with Gasteiger partial charge in [0.2, 0.25) is 5.82 Å². The molecule has 5 rings (SSSR count). The Hall–Kier alpha value is -4.19. The number of fused-ring (bicyclic) bond motifs is 2. The number of esters is 1. The van der Waals surface area contributed by atoms with Crippen molar-refractivity contribution in [3.8, 4) is 23.1 Å². The van der Waals surface area contributed by atoms with Gasteiger partial charge in [0.05, 0.1) is 34.4 Å². The van der Waals surface area contributed by atoms with E-state index in [1.807, 2.05) is 36.4 Å². The van der Waals surface area contributed by atoms with Gasteiger partial charge in [0.25, 0.3) is 5.56 Å². The summed E-state index contributed by atoms with van der Waals surface area (Å²) in [5.74, 6) is 1.03. The van der Waals surface area contributed by atoms with Crippen molar-refractivity contribution < 1.29 is 23.4 Å². The fraction of sp³-hybridized carbons (Fsp3) is 0.143. The number of aromatic nitrogens is 2. The van der Waals surface area contributed by atoms with Crippen molar-refractivity contribution in [2.75, 3.05) is 20.3 Å². The van der Waals surface area contributed by atoms with E-state index in [9.17, 15) is 9.59 Å². The highest BCUT2D eigenvalue weighted by Crippen LogP contribution is 2.34. The van der Waals surface area contributed by atoms with Crippen molar-refractivity contribution in [3.63, 3.8) is 0 Å². The number of carbonyl (C=O) groups excluding carboxylic acids is 1. The molecule has 0 unspecified atom stereocenters. The second-order valence-electron chi connectivity index (χ2n) is 8.09. The number of hydrogen-bond acceptors (Lipinski definition) is 8. The summed E-state index contributed by atoms with van der Waals surface area (Å²) in [4.78, 5) is 29.9. The molecule has 0 bridgehead atoms. The van der Waals surface area contributed by atoms with Gasteiger partial charge in [-0.05, 0) is 71.5 Å². The van der Waals surface area contributed by atoms with Crippen molar-refractivity contribution in [1.29, 1.82) is 0 Å². The van der Waals surface area contributed by atoms with E-state index in [0.29, 0.717) is 42.9 Å². The van der Waals surface area contributed by atoms with Gasteiger partial charge in [-0.15, -0.1) is 0 Å². The van der Waals surface area contributed by atoms with E-state index >= 15 is 0 Å². The van der Waals surface area contributed by atoms with Gasteiger partial charge in [0.1, 0.15) is 5.58 Å². The van der Waals surface area contributed by atoms with Gasteiger partial charge >= 0.3 is 5.97 Å². The Morgan fingerprint density at radius 1 is 1.13 bits per heavy atom. The van der Waals surface area contributed by atoms with Crippen molar-refractivity contribution in [2.45, 2.75) is 6.92 Å². The van der Waals surface area contributed by atoms with Crippen LogP contribution in [0, 0.1) is 3.57 Å². The molecule has 0 N–H and O–H groups in total. The Morgan fingerprint density at radius 2 is 1.92 bits per heavy atom. The SMILES string of the molecule is CCOC(=O)COc1c(I)cc(C=Nn2c(-c3cc4ccccc4o3)nc3ccccc3c2=O)cc1OC. The average Bonchev–Trinajstić information content (AvgIpc) is 3.36. The highest BCUT2D eigenvalue weighted by Gasteiger charge is 2.17. The number of nitrogens with zero attached hydrogens (tertiary/aromatic N) is 3. The number of rotatable bonds is 8. The fourth-order valence-corrected chi connectivity index (χ4v) is 4.68. The first kappa shape index (κ1) is 25.5. The summed E-state index contributed by atoms with van der Waals surface area (Å²) in [6.07, 6.45) is 1.53. The highest BCUT2D eigenvalue weighted by molar-refractivity contribution is 14.1. The molecule has 10 heteroatoms. The van der Waals surface area contributed by atoms with Gasteiger partial charge in [0, 0.05) is 5.39 Å². The number of para-hydroxylation sites is 2. The molecule has 5 aromatic rings. The first-order valence-electron chi connectivity index (χ1n) is 11.7. The number of methoxy groups -OCH3 is 1. The minimum Gasteiger partial charge on any atom is -0.493 e. The van der Waals surface area contributed by atoms with Gasteiger partial charge in [-0.1, -0.05) is 30.3 Å². The summed E-state index contributed by atoms with van der Waals surface area (Å²) in [6, 6.07) is 20.0. The fourth-order valence-electron chi connectivity index (χ4n) is 3.89. The average molecular weight is 623 g/mol. The van der Waals surface area contributed by atoms with E-state index in [1.54, 1.807) is 37.3 Å². The molecule has 3 aromatic carbocycles. The molecule has 0 aliphatic rings. The summed E-state index contributed by atoms with van der Waals surface area (Å²) < 4.78 is 24.0. The summed E-state index contributed by atoms with van der Waals surface area (Å²) in [7, 11) is 1.50. The predicted molar refractivity (Wildman–Crippen MR) is 152 cm³/mol. The number of hydrogen-bond donors (Lipinski definition) is 0. The lowest BCUT2D eigenvalue weighted by molar-refractivity contribution is -0.145. The first-order chi connectivity index (χ1) is 18.5. The van der Waals surface area contributed by atoms with Gasteiger partial charge in [0.15, 0.2) is 23.9 Å². The van der Waals surface area contributed by atoms with Crippen LogP contribution < -0.4 is 15.0 Å².